The molecule has 7 heteroatoms. The Morgan fingerprint density at radius 3 is 3.00 bits per heavy atom. The molecule has 1 aromatic heterocycles. The van der Waals surface area contributed by atoms with Crippen LogP contribution in [0.15, 0.2) is 6.33 Å². The van der Waals surface area contributed by atoms with E-state index in [-0.39, 0.29) is 13.1 Å². The molecule has 0 fully saturated rings. The van der Waals surface area contributed by atoms with Crippen molar-refractivity contribution in [3.8, 4) is 0 Å². The van der Waals surface area contributed by atoms with Crippen molar-refractivity contribution in [2.45, 2.75) is 19.5 Å². The zero-order valence-electron chi connectivity index (χ0n) is 7.23. The number of amides is 1. The summed E-state index contributed by atoms with van der Waals surface area (Å²) < 4.78 is 25.9. The number of alkyl halides is 2. The van der Waals surface area contributed by atoms with E-state index < -0.39 is 12.3 Å². The minimum atomic E-state index is -2.94. The first-order valence-corrected chi connectivity index (χ1v) is 4.12. The highest BCUT2D eigenvalue weighted by Crippen LogP contribution is 2.11. The largest absolute Gasteiger partial charge is 0.328 e. The molecule has 0 saturated carbocycles. The van der Waals surface area contributed by atoms with E-state index in [2.05, 4.69) is 10.2 Å². The molecule has 76 valence electrons. The van der Waals surface area contributed by atoms with Crippen LogP contribution in [0.2, 0.25) is 0 Å². The maximum atomic E-state index is 12.1. The third kappa shape index (κ3) is 1.45. The van der Waals surface area contributed by atoms with Gasteiger partial charge >= 0.3 is 6.43 Å². The van der Waals surface area contributed by atoms with Gasteiger partial charge in [-0.3, -0.25) is 4.79 Å². The predicted molar refractivity (Wildman–Crippen MR) is 41.4 cm³/mol. The van der Waals surface area contributed by atoms with Gasteiger partial charge in [-0.15, -0.1) is 10.2 Å². The lowest BCUT2D eigenvalue weighted by Gasteiger charge is -2.26. The number of aromatic nitrogens is 3. The van der Waals surface area contributed by atoms with E-state index >= 15 is 0 Å². The Bertz CT molecular complexity index is 351. The molecule has 5 nitrogen and oxygen atoms in total. The second-order valence-corrected chi connectivity index (χ2v) is 3.00. The van der Waals surface area contributed by atoms with Crippen molar-refractivity contribution < 1.29 is 13.6 Å². The number of carbonyl (C=O) groups excluding carboxylic acids is 1. The van der Waals surface area contributed by atoms with Crippen LogP contribution in [0.1, 0.15) is 5.82 Å². The average Bonchev–Trinajstić information content (AvgIpc) is 2.62. The van der Waals surface area contributed by atoms with Crippen molar-refractivity contribution >= 4 is 5.91 Å². The fourth-order valence-corrected chi connectivity index (χ4v) is 1.39. The van der Waals surface area contributed by atoms with Crippen molar-refractivity contribution in [1.82, 2.24) is 19.7 Å². The molecule has 0 radical (unpaired) electrons. The number of carbonyl (C=O) groups is 1. The fourth-order valence-electron chi connectivity index (χ4n) is 1.39. The van der Waals surface area contributed by atoms with Gasteiger partial charge in [0.25, 0.3) is 5.91 Å². The van der Waals surface area contributed by atoms with E-state index in [0.717, 1.165) is 4.90 Å². The Morgan fingerprint density at radius 2 is 2.29 bits per heavy atom. The number of hydrogen-bond acceptors (Lipinski definition) is 3. The highest BCUT2D eigenvalue weighted by molar-refractivity contribution is 5.79. The lowest BCUT2D eigenvalue weighted by molar-refractivity contribution is -0.144. The Balaban J connectivity index is 2.11. The van der Waals surface area contributed by atoms with Crippen LogP contribution in [0.5, 0.6) is 0 Å². The van der Waals surface area contributed by atoms with Crippen LogP contribution in [0.25, 0.3) is 0 Å². The highest BCUT2D eigenvalue weighted by Gasteiger charge is 2.27. The van der Waals surface area contributed by atoms with E-state index in [9.17, 15) is 13.6 Å². The van der Waals surface area contributed by atoms with E-state index in [4.69, 9.17) is 0 Å². The number of hydrogen-bond donors (Lipinski definition) is 0. The van der Waals surface area contributed by atoms with Gasteiger partial charge in [0.05, 0.1) is 6.54 Å². The van der Waals surface area contributed by atoms with Gasteiger partial charge in [-0.2, -0.15) is 8.78 Å². The number of rotatable bonds is 1. The van der Waals surface area contributed by atoms with E-state index in [0.29, 0.717) is 12.4 Å². The van der Waals surface area contributed by atoms with Gasteiger partial charge in [0.1, 0.15) is 6.33 Å². The maximum absolute atomic E-state index is 12.1. The summed E-state index contributed by atoms with van der Waals surface area (Å²) in [6, 6.07) is 0. The molecule has 0 N–H and O–H groups in total. The minimum absolute atomic E-state index is 0.114. The molecule has 2 rings (SSSR count). The van der Waals surface area contributed by atoms with E-state index in [1.54, 1.807) is 4.57 Å². The number of fused-ring (bicyclic) bond motifs is 1. The van der Waals surface area contributed by atoms with Crippen LogP contribution in [0.4, 0.5) is 8.78 Å². The molecule has 14 heavy (non-hydrogen) atoms. The van der Waals surface area contributed by atoms with Crippen molar-refractivity contribution in [2.75, 3.05) is 6.54 Å². The van der Waals surface area contributed by atoms with Crippen LogP contribution in [-0.2, 0) is 17.9 Å². The molecule has 0 saturated heterocycles. The summed E-state index contributed by atoms with van der Waals surface area (Å²) in [4.78, 5) is 12.0. The molecule has 0 aliphatic carbocycles. The van der Waals surface area contributed by atoms with Gasteiger partial charge in [0.15, 0.2) is 5.82 Å². The fraction of sp³-hybridized carbons (Fsp3) is 0.571. The molecule has 1 aliphatic rings. The quantitative estimate of drug-likeness (QED) is 0.638. The summed E-state index contributed by atoms with van der Waals surface area (Å²) in [5.74, 6) is -0.593. The summed E-state index contributed by atoms with van der Waals surface area (Å²) in [5.41, 5.74) is 0. The maximum Gasteiger partial charge on any atom is 0.315 e. The first kappa shape index (κ1) is 9.04. The van der Waals surface area contributed by atoms with Crippen LogP contribution in [-0.4, -0.2) is 38.5 Å². The van der Waals surface area contributed by atoms with Crippen LogP contribution in [0, 0.1) is 0 Å². The third-order valence-electron chi connectivity index (χ3n) is 2.14. The Labute approximate surface area is 78.3 Å². The van der Waals surface area contributed by atoms with Gasteiger partial charge in [-0.05, 0) is 0 Å². The van der Waals surface area contributed by atoms with Gasteiger partial charge in [0, 0.05) is 13.1 Å². The predicted octanol–water partition coefficient (Wildman–Crippen LogP) is -0.115. The molecule has 0 aromatic carbocycles. The molecule has 0 atom stereocenters. The van der Waals surface area contributed by atoms with Gasteiger partial charge in [-0.1, -0.05) is 0 Å². The number of nitrogens with zero attached hydrogens (tertiary/aromatic N) is 4. The molecule has 2 heterocycles. The smallest absolute Gasteiger partial charge is 0.315 e. The van der Waals surface area contributed by atoms with Crippen LogP contribution < -0.4 is 0 Å². The lowest BCUT2D eigenvalue weighted by Crippen LogP contribution is -2.41. The SMILES string of the molecule is O=C(C(F)F)N1CCn2cnnc2C1. The van der Waals surface area contributed by atoms with Crippen LogP contribution in [0.3, 0.4) is 0 Å². The third-order valence-corrected chi connectivity index (χ3v) is 2.14. The Kier molecular flexibility index (Phi) is 2.14. The summed E-state index contributed by atoms with van der Waals surface area (Å²) in [7, 11) is 0. The van der Waals surface area contributed by atoms with Crippen LogP contribution >= 0.6 is 0 Å². The standard InChI is InChI=1S/C7H8F2N4O/c8-6(9)7(14)12-1-2-13-4-10-11-5(13)3-12/h4,6H,1-3H2. The molecule has 0 unspecified atom stereocenters. The zero-order valence-corrected chi connectivity index (χ0v) is 7.23. The molecule has 1 aliphatic heterocycles. The molecule has 0 spiro atoms. The molecule has 1 aromatic rings. The van der Waals surface area contributed by atoms with Gasteiger partial charge in [0.2, 0.25) is 0 Å². The molecular weight excluding hydrogens is 194 g/mol. The summed E-state index contributed by atoms with van der Waals surface area (Å²) in [6.45, 7) is 0.873. The summed E-state index contributed by atoms with van der Waals surface area (Å²) in [6.07, 6.45) is -1.41. The highest BCUT2D eigenvalue weighted by atomic mass is 19.3. The monoisotopic (exact) mass is 202 g/mol. The molecule has 0 bridgehead atoms. The van der Waals surface area contributed by atoms with Crippen molar-refractivity contribution in [1.29, 1.82) is 0 Å². The van der Waals surface area contributed by atoms with E-state index in [1.165, 1.54) is 6.33 Å². The zero-order chi connectivity index (χ0) is 10.1. The average molecular weight is 202 g/mol. The van der Waals surface area contributed by atoms with Gasteiger partial charge in [-0.25, -0.2) is 0 Å². The Morgan fingerprint density at radius 1 is 1.50 bits per heavy atom. The molecule has 1 amide bonds. The Hall–Kier alpha value is -1.53. The van der Waals surface area contributed by atoms with Crippen molar-refractivity contribution in [3.63, 3.8) is 0 Å². The second-order valence-electron chi connectivity index (χ2n) is 3.00. The normalized spacial score (nSPS) is 15.8. The van der Waals surface area contributed by atoms with Gasteiger partial charge < -0.3 is 9.47 Å². The molecular formula is C7H8F2N4O. The van der Waals surface area contributed by atoms with E-state index in [1.807, 2.05) is 0 Å². The minimum Gasteiger partial charge on any atom is -0.328 e. The first-order chi connectivity index (χ1) is 6.68. The van der Waals surface area contributed by atoms with Crippen molar-refractivity contribution in [2.24, 2.45) is 0 Å². The number of halogens is 2. The second kappa shape index (κ2) is 3.32. The summed E-state index contributed by atoms with van der Waals surface area (Å²) in [5, 5.41) is 7.35. The topological polar surface area (TPSA) is 51.0 Å². The van der Waals surface area contributed by atoms with Crippen molar-refractivity contribution in [3.05, 3.63) is 12.2 Å². The summed E-state index contributed by atoms with van der Waals surface area (Å²) >= 11 is 0. The lowest BCUT2D eigenvalue weighted by atomic mass is 10.3. The first-order valence-electron chi connectivity index (χ1n) is 4.12.